The lowest BCUT2D eigenvalue weighted by Gasteiger charge is -2.12. The number of carbonyl (C=O) groups is 1. The van der Waals surface area contributed by atoms with Gasteiger partial charge in [-0.1, -0.05) is 30.3 Å². The number of hydrogen-bond acceptors (Lipinski definition) is 3. The molecule has 0 unspecified atom stereocenters. The molecule has 0 radical (unpaired) electrons. The van der Waals surface area contributed by atoms with E-state index in [9.17, 15) is 22.4 Å². The Balaban J connectivity index is 1.96. The van der Waals surface area contributed by atoms with Gasteiger partial charge in [0.1, 0.15) is 5.82 Å². The highest BCUT2D eigenvalue weighted by Gasteiger charge is 2.36. The van der Waals surface area contributed by atoms with Crippen LogP contribution in [0.25, 0.3) is 33.5 Å². The first-order valence-electron chi connectivity index (χ1n) is 8.83. The molecule has 4 rings (SSSR count). The number of pyridine rings is 1. The number of alkyl halides is 3. The molecule has 2 aromatic carbocycles. The van der Waals surface area contributed by atoms with Gasteiger partial charge in [0.2, 0.25) is 0 Å². The number of aromatic nitrogens is 3. The SMILES string of the molecule is CNC(=O)c1cc(-c2cc(C(F)(F)F)c3c(-c4ccccc4)[nH]nc3n2)ccc1F. The van der Waals surface area contributed by atoms with Crippen molar-refractivity contribution < 1.29 is 22.4 Å². The zero-order valence-electron chi connectivity index (χ0n) is 15.5. The third kappa shape index (κ3) is 3.38. The molecule has 0 aliphatic rings. The Hall–Kier alpha value is -3.75. The fraction of sp³-hybridized carbons (Fsp3) is 0.0952. The van der Waals surface area contributed by atoms with E-state index >= 15 is 0 Å². The standard InChI is InChI=1S/C21H14F4N4O/c1-26-20(30)13-9-12(7-8-15(13)22)16-10-14(21(23,24)25)17-18(28-29-19(17)27-16)11-5-3-2-4-6-11/h2-10H,1H3,(H,26,30)(H,27,28,29). The molecular weight excluding hydrogens is 400 g/mol. The van der Waals surface area contributed by atoms with Gasteiger partial charge in [-0.05, 0) is 24.3 Å². The lowest BCUT2D eigenvalue weighted by Crippen LogP contribution is -2.19. The maximum absolute atomic E-state index is 14.0. The van der Waals surface area contributed by atoms with Crippen LogP contribution >= 0.6 is 0 Å². The minimum Gasteiger partial charge on any atom is -0.355 e. The normalized spacial score (nSPS) is 11.6. The maximum Gasteiger partial charge on any atom is 0.417 e. The van der Waals surface area contributed by atoms with E-state index in [0.717, 1.165) is 18.2 Å². The van der Waals surface area contributed by atoms with Gasteiger partial charge >= 0.3 is 6.18 Å². The molecule has 4 aromatic rings. The van der Waals surface area contributed by atoms with Crippen molar-refractivity contribution in [1.82, 2.24) is 20.5 Å². The molecule has 30 heavy (non-hydrogen) atoms. The average Bonchev–Trinajstić information content (AvgIpc) is 3.16. The monoisotopic (exact) mass is 414 g/mol. The van der Waals surface area contributed by atoms with Crippen molar-refractivity contribution in [3.05, 3.63) is 71.5 Å². The number of fused-ring (bicyclic) bond motifs is 1. The maximum atomic E-state index is 14.0. The van der Waals surface area contributed by atoms with E-state index in [1.54, 1.807) is 30.3 Å². The van der Waals surface area contributed by atoms with Crippen LogP contribution in [0.5, 0.6) is 0 Å². The number of aromatic amines is 1. The molecule has 0 atom stereocenters. The topological polar surface area (TPSA) is 70.7 Å². The van der Waals surface area contributed by atoms with Crippen LogP contribution in [-0.2, 0) is 6.18 Å². The Morgan fingerprint density at radius 3 is 2.43 bits per heavy atom. The highest BCUT2D eigenvalue weighted by molar-refractivity contribution is 5.97. The molecule has 0 aliphatic carbocycles. The Morgan fingerprint density at radius 2 is 1.77 bits per heavy atom. The molecule has 2 heterocycles. The molecule has 1 amide bonds. The Bertz CT molecular complexity index is 1250. The molecule has 0 aliphatic heterocycles. The number of H-pyrrole nitrogens is 1. The summed E-state index contributed by atoms with van der Waals surface area (Å²) in [4.78, 5) is 16.1. The van der Waals surface area contributed by atoms with Gasteiger partial charge in [0.25, 0.3) is 5.91 Å². The summed E-state index contributed by atoms with van der Waals surface area (Å²) in [5, 5.41) is 8.72. The predicted molar refractivity (Wildman–Crippen MR) is 103 cm³/mol. The molecule has 0 saturated heterocycles. The van der Waals surface area contributed by atoms with E-state index in [4.69, 9.17) is 0 Å². The number of benzene rings is 2. The number of hydrogen-bond donors (Lipinski definition) is 2. The number of nitrogens with zero attached hydrogens (tertiary/aromatic N) is 2. The van der Waals surface area contributed by atoms with Gasteiger partial charge in [0.05, 0.1) is 27.9 Å². The fourth-order valence-electron chi connectivity index (χ4n) is 3.20. The van der Waals surface area contributed by atoms with E-state index in [2.05, 4.69) is 20.5 Å². The first-order valence-corrected chi connectivity index (χ1v) is 8.83. The third-order valence-electron chi connectivity index (χ3n) is 4.63. The second-order valence-corrected chi connectivity index (χ2v) is 6.49. The quantitative estimate of drug-likeness (QED) is 0.473. The van der Waals surface area contributed by atoms with Crippen molar-refractivity contribution in [2.75, 3.05) is 7.05 Å². The van der Waals surface area contributed by atoms with E-state index < -0.39 is 23.5 Å². The molecule has 0 spiro atoms. The highest BCUT2D eigenvalue weighted by atomic mass is 19.4. The van der Waals surface area contributed by atoms with Gasteiger partial charge in [-0.2, -0.15) is 18.3 Å². The second kappa shape index (κ2) is 7.25. The van der Waals surface area contributed by atoms with Crippen molar-refractivity contribution >= 4 is 16.9 Å². The lowest BCUT2D eigenvalue weighted by molar-refractivity contribution is -0.136. The van der Waals surface area contributed by atoms with Crippen molar-refractivity contribution in [2.45, 2.75) is 6.18 Å². The van der Waals surface area contributed by atoms with E-state index in [1.807, 2.05) is 0 Å². The molecule has 0 bridgehead atoms. The van der Waals surface area contributed by atoms with Crippen LogP contribution in [-0.4, -0.2) is 28.1 Å². The first kappa shape index (κ1) is 19.6. The van der Waals surface area contributed by atoms with Crippen LogP contribution in [0.3, 0.4) is 0 Å². The summed E-state index contributed by atoms with van der Waals surface area (Å²) in [5.74, 6) is -1.49. The summed E-state index contributed by atoms with van der Waals surface area (Å²) in [6.07, 6.45) is -4.69. The summed E-state index contributed by atoms with van der Waals surface area (Å²) >= 11 is 0. The fourth-order valence-corrected chi connectivity index (χ4v) is 3.20. The summed E-state index contributed by atoms with van der Waals surface area (Å²) in [6, 6.07) is 12.8. The molecular formula is C21H14F4N4O. The van der Waals surface area contributed by atoms with Crippen LogP contribution in [0.2, 0.25) is 0 Å². The second-order valence-electron chi connectivity index (χ2n) is 6.49. The van der Waals surface area contributed by atoms with Gasteiger partial charge in [-0.3, -0.25) is 9.89 Å². The average molecular weight is 414 g/mol. The van der Waals surface area contributed by atoms with Gasteiger partial charge in [0.15, 0.2) is 5.65 Å². The van der Waals surface area contributed by atoms with Crippen LogP contribution < -0.4 is 5.32 Å². The lowest BCUT2D eigenvalue weighted by atomic mass is 10.0. The minimum atomic E-state index is -4.69. The minimum absolute atomic E-state index is 0.0777. The zero-order valence-corrected chi connectivity index (χ0v) is 15.5. The number of nitrogens with one attached hydrogen (secondary N) is 2. The van der Waals surface area contributed by atoms with Gasteiger partial charge in [-0.25, -0.2) is 9.37 Å². The van der Waals surface area contributed by atoms with Crippen LogP contribution in [0.1, 0.15) is 15.9 Å². The third-order valence-corrected chi connectivity index (χ3v) is 4.63. The highest BCUT2D eigenvalue weighted by Crippen LogP contribution is 2.40. The van der Waals surface area contributed by atoms with Crippen molar-refractivity contribution in [3.63, 3.8) is 0 Å². The van der Waals surface area contributed by atoms with Gasteiger partial charge < -0.3 is 5.32 Å². The van der Waals surface area contributed by atoms with Crippen LogP contribution in [0.4, 0.5) is 17.6 Å². The summed E-state index contributed by atoms with van der Waals surface area (Å²) in [6.45, 7) is 0. The largest absolute Gasteiger partial charge is 0.417 e. The number of rotatable bonds is 3. The molecule has 5 nitrogen and oxygen atoms in total. The number of amides is 1. The Morgan fingerprint density at radius 1 is 1.03 bits per heavy atom. The Kier molecular flexibility index (Phi) is 4.73. The zero-order chi connectivity index (χ0) is 21.5. The van der Waals surface area contributed by atoms with E-state index in [0.29, 0.717) is 5.56 Å². The van der Waals surface area contributed by atoms with Gasteiger partial charge in [0, 0.05) is 18.2 Å². The molecule has 9 heteroatoms. The first-order chi connectivity index (χ1) is 14.3. The number of carbonyl (C=O) groups excluding carboxylic acids is 1. The predicted octanol–water partition coefficient (Wildman–Crippen LogP) is 4.81. The van der Waals surface area contributed by atoms with Crippen molar-refractivity contribution in [3.8, 4) is 22.5 Å². The number of halogens is 4. The summed E-state index contributed by atoms with van der Waals surface area (Å²) in [7, 11) is 1.33. The molecule has 0 fully saturated rings. The van der Waals surface area contributed by atoms with Crippen LogP contribution in [0, 0.1) is 5.82 Å². The summed E-state index contributed by atoms with van der Waals surface area (Å²) < 4.78 is 55.7. The van der Waals surface area contributed by atoms with Crippen molar-refractivity contribution in [2.24, 2.45) is 0 Å². The van der Waals surface area contributed by atoms with Crippen LogP contribution in [0.15, 0.2) is 54.6 Å². The van der Waals surface area contributed by atoms with E-state index in [1.165, 1.54) is 13.1 Å². The van der Waals surface area contributed by atoms with Gasteiger partial charge in [-0.15, -0.1) is 0 Å². The van der Waals surface area contributed by atoms with E-state index in [-0.39, 0.29) is 33.5 Å². The molecule has 0 saturated carbocycles. The Labute approximate surface area is 167 Å². The molecule has 2 aromatic heterocycles. The van der Waals surface area contributed by atoms with Crippen molar-refractivity contribution in [1.29, 1.82) is 0 Å². The molecule has 152 valence electrons. The smallest absolute Gasteiger partial charge is 0.355 e. The summed E-state index contributed by atoms with van der Waals surface area (Å²) in [5.41, 5.74) is -0.550. The molecule has 2 N–H and O–H groups in total.